The van der Waals surface area contributed by atoms with E-state index in [9.17, 15) is 5.11 Å². The molecule has 1 fully saturated rings. The van der Waals surface area contributed by atoms with Crippen LogP contribution in [-0.4, -0.2) is 42.3 Å². The molecule has 0 aliphatic carbocycles. The van der Waals surface area contributed by atoms with Crippen molar-refractivity contribution >= 4 is 6.02 Å². The zero-order valence-corrected chi connectivity index (χ0v) is 10.4. The van der Waals surface area contributed by atoms with Crippen molar-refractivity contribution in [1.82, 2.24) is 4.90 Å². The van der Waals surface area contributed by atoms with Gasteiger partial charge in [-0.05, 0) is 18.4 Å². The molecule has 4 heteroatoms. The van der Waals surface area contributed by atoms with Crippen molar-refractivity contribution in [3.05, 3.63) is 35.9 Å². The minimum atomic E-state index is -0.697. The van der Waals surface area contributed by atoms with E-state index in [1.54, 1.807) is 0 Å². The normalized spacial score (nSPS) is 22.5. The zero-order valence-electron chi connectivity index (χ0n) is 10.4. The van der Waals surface area contributed by atoms with Crippen LogP contribution in [0.25, 0.3) is 0 Å². The smallest absolute Gasteiger partial charge is 0.287 e. The average molecular weight is 246 g/mol. The highest BCUT2D eigenvalue weighted by molar-refractivity contribution is 5.75. The van der Waals surface area contributed by atoms with Gasteiger partial charge in [0.15, 0.2) is 0 Å². The Morgan fingerprint density at radius 2 is 1.89 bits per heavy atom. The number of piperidine rings is 1. The minimum Gasteiger partial charge on any atom is -0.463 e. The third-order valence-corrected chi connectivity index (χ3v) is 3.74. The molecule has 4 nitrogen and oxygen atoms in total. The number of benzene rings is 1. The number of nitrogens with zero attached hydrogens (tertiary/aromatic N) is 2. The minimum absolute atomic E-state index is 0.689. The van der Waals surface area contributed by atoms with Gasteiger partial charge in [-0.2, -0.15) is 0 Å². The largest absolute Gasteiger partial charge is 0.463 e. The van der Waals surface area contributed by atoms with Gasteiger partial charge in [-0.25, -0.2) is 4.99 Å². The van der Waals surface area contributed by atoms with Gasteiger partial charge in [-0.3, -0.25) is 0 Å². The van der Waals surface area contributed by atoms with Gasteiger partial charge >= 0.3 is 0 Å². The van der Waals surface area contributed by atoms with Crippen LogP contribution in [-0.2, 0) is 10.3 Å². The number of hydrogen-bond acceptors (Lipinski definition) is 4. The van der Waals surface area contributed by atoms with Gasteiger partial charge in [0, 0.05) is 13.1 Å². The SMILES string of the molecule is OC1(c2ccccc2)CCN(C2=NCCO2)CC1. The quantitative estimate of drug-likeness (QED) is 0.813. The predicted octanol–water partition coefficient (Wildman–Crippen LogP) is 1.36. The summed E-state index contributed by atoms with van der Waals surface area (Å²) < 4.78 is 5.46. The van der Waals surface area contributed by atoms with E-state index >= 15 is 0 Å². The Kier molecular flexibility index (Phi) is 2.96. The number of rotatable bonds is 1. The summed E-state index contributed by atoms with van der Waals surface area (Å²) in [4.78, 5) is 6.45. The highest BCUT2D eigenvalue weighted by Gasteiger charge is 2.35. The van der Waals surface area contributed by atoms with Gasteiger partial charge in [-0.1, -0.05) is 30.3 Å². The van der Waals surface area contributed by atoms with Crippen molar-refractivity contribution in [2.45, 2.75) is 18.4 Å². The molecule has 0 spiro atoms. The van der Waals surface area contributed by atoms with Crippen molar-refractivity contribution < 1.29 is 9.84 Å². The molecule has 1 aromatic carbocycles. The lowest BCUT2D eigenvalue weighted by Crippen LogP contribution is -2.45. The molecule has 2 aliphatic heterocycles. The van der Waals surface area contributed by atoms with Gasteiger partial charge in [-0.15, -0.1) is 0 Å². The van der Waals surface area contributed by atoms with Crippen LogP contribution < -0.4 is 0 Å². The van der Waals surface area contributed by atoms with Crippen LogP contribution in [0.4, 0.5) is 0 Å². The second-order valence-electron chi connectivity index (χ2n) is 4.90. The maximum atomic E-state index is 10.7. The number of amidine groups is 1. The van der Waals surface area contributed by atoms with Crippen molar-refractivity contribution in [2.75, 3.05) is 26.2 Å². The van der Waals surface area contributed by atoms with Crippen molar-refractivity contribution in [3.63, 3.8) is 0 Å². The monoisotopic (exact) mass is 246 g/mol. The molecule has 3 rings (SSSR count). The van der Waals surface area contributed by atoms with Crippen molar-refractivity contribution in [2.24, 2.45) is 4.99 Å². The van der Waals surface area contributed by atoms with Gasteiger partial charge in [0.05, 0.1) is 12.1 Å². The fourth-order valence-electron chi connectivity index (χ4n) is 2.62. The summed E-state index contributed by atoms with van der Waals surface area (Å²) in [7, 11) is 0. The summed E-state index contributed by atoms with van der Waals surface area (Å²) in [6.07, 6.45) is 1.44. The second-order valence-corrected chi connectivity index (χ2v) is 4.90. The Morgan fingerprint density at radius 1 is 1.17 bits per heavy atom. The van der Waals surface area contributed by atoms with E-state index < -0.39 is 5.60 Å². The van der Waals surface area contributed by atoms with E-state index in [-0.39, 0.29) is 0 Å². The molecule has 0 aromatic heterocycles. The molecule has 96 valence electrons. The summed E-state index contributed by atoms with van der Waals surface area (Å²) in [5.74, 6) is 0. The maximum absolute atomic E-state index is 10.7. The third-order valence-electron chi connectivity index (χ3n) is 3.74. The summed E-state index contributed by atoms with van der Waals surface area (Å²) in [5.41, 5.74) is 0.315. The first kappa shape index (κ1) is 11.5. The van der Waals surface area contributed by atoms with E-state index in [0.29, 0.717) is 6.61 Å². The molecule has 2 heterocycles. The highest BCUT2D eigenvalue weighted by atomic mass is 16.5. The Balaban J connectivity index is 1.69. The predicted molar refractivity (Wildman–Crippen MR) is 69.4 cm³/mol. The summed E-state index contributed by atoms with van der Waals surface area (Å²) in [6, 6.07) is 10.7. The molecule has 2 aliphatic rings. The average Bonchev–Trinajstić information content (AvgIpc) is 2.95. The fraction of sp³-hybridized carbons (Fsp3) is 0.500. The Morgan fingerprint density at radius 3 is 2.50 bits per heavy atom. The van der Waals surface area contributed by atoms with Gasteiger partial charge in [0.2, 0.25) is 0 Å². The second kappa shape index (κ2) is 4.61. The number of aliphatic hydroxyl groups is 1. The van der Waals surface area contributed by atoms with E-state index in [2.05, 4.69) is 9.89 Å². The lowest BCUT2D eigenvalue weighted by atomic mass is 9.84. The number of hydrogen-bond donors (Lipinski definition) is 1. The van der Waals surface area contributed by atoms with Crippen LogP contribution in [0.3, 0.4) is 0 Å². The van der Waals surface area contributed by atoms with E-state index in [0.717, 1.165) is 44.1 Å². The molecule has 1 saturated heterocycles. The molecule has 18 heavy (non-hydrogen) atoms. The summed E-state index contributed by atoms with van der Waals surface area (Å²) in [5, 5.41) is 10.7. The molecule has 1 aromatic rings. The topological polar surface area (TPSA) is 45.1 Å². The van der Waals surface area contributed by atoms with E-state index in [4.69, 9.17) is 4.74 Å². The maximum Gasteiger partial charge on any atom is 0.287 e. The fourth-order valence-corrected chi connectivity index (χ4v) is 2.62. The number of ether oxygens (including phenoxy) is 1. The summed E-state index contributed by atoms with van der Waals surface area (Å²) in [6.45, 7) is 3.04. The van der Waals surface area contributed by atoms with E-state index in [1.807, 2.05) is 30.3 Å². The molecule has 0 bridgehead atoms. The lowest BCUT2D eigenvalue weighted by molar-refractivity contribution is -0.0156. The van der Waals surface area contributed by atoms with Crippen LogP contribution >= 0.6 is 0 Å². The standard InChI is InChI=1S/C14H18N2O2/c17-14(12-4-2-1-3-5-12)6-9-16(10-7-14)13-15-8-11-18-13/h1-5,17H,6-11H2. The lowest BCUT2D eigenvalue weighted by Gasteiger charge is -2.38. The number of aliphatic imine (C=N–C) groups is 1. The van der Waals surface area contributed by atoms with Crippen molar-refractivity contribution in [3.8, 4) is 0 Å². The van der Waals surface area contributed by atoms with Gasteiger partial charge in [0.1, 0.15) is 6.61 Å². The molecule has 0 radical (unpaired) electrons. The molecule has 0 saturated carbocycles. The first-order chi connectivity index (χ1) is 8.78. The van der Waals surface area contributed by atoms with Crippen LogP contribution in [0.1, 0.15) is 18.4 Å². The molecule has 1 N–H and O–H groups in total. The van der Waals surface area contributed by atoms with Crippen LogP contribution in [0, 0.1) is 0 Å². The molecule has 0 amide bonds. The molecular weight excluding hydrogens is 228 g/mol. The van der Waals surface area contributed by atoms with Crippen molar-refractivity contribution in [1.29, 1.82) is 0 Å². The first-order valence-corrected chi connectivity index (χ1v) is 6.48. The van der Waals surface area contributed by atoms with Crippen LogP contribution in [0.15, 0.2) is 35.3 Å². The Bertz CT molecular complexity index is 436. The first-order valence-electron chi connectivity index (χ1n) is 6.48. The number of likely N-dealkylation sites (tertiary alicyclic amines) is 1. The molecule has 0 atom stereocenters. The Labute approximate surface area is 107 Å². The van der Waals surface area contributed by atoms with Gasteiger partial charge < -0.3 is 14.7 Å². The van der Waals surface area contributed by atoms with Crippen LogP contribution in [0.5, 0.6) is 0 Å². The van der Waals surface area contributed by atoms with Crippen LogP contribution in [0.2, 0.25) is 0 Å². The highest BCUT2D eigenvalue weighted by Crippen LogP contribution is 2.32. The zero-order chi connectivity index (χ0) is 12.4. The Hall–Kier alpha value is -1.55. The van der Waals surface area contributed by atoms with Gasteiger partial charge in [0.25, 0.3) is 6.02 Å². The van der Waals surface area contributed by atoms with E-state index in [1.165, 1.54) is 0 Å². The third kappa shape index (κ3) is 2.08. The molecular formula is C14H18N2O2. The molecule has 0 unspecified atom stereocenters. The summed E-state index contributed by atoms with van der Waals surface area (Å²) >= 11 is 0.